The Kier molecular flexibility index (Phi) is 5.23. The Morgan fingerprint density at radius 2 is 1.81 bits per heavy atom. The Morgan fingerprint density at radius 3 is 2.43 bits per heavy atom. The lowest BCUT2D eigenvalue weighted by molar-refractivity contribution is 0.414. The molecule has 0 saturated carbocycles. The summed E-state index contributed by atoms with van der Waals surface area (Å²) in [5.41, 5.74) is 9.99. The highest BCUT2D eigenvalue weighted by atomic mass is 16.5. The van der Waals surface area contributed by atoms with E-state index in [4.69, 9.17) is 10.5 Å². The number of hydrogen-bond donors (Lipinski definition) is 1. The molecule has 2 rings (SSSR count). The van der Waals surface area contributed by atoms with Crippen LogP contribution in [0.25, 0.3) is 0 Å². The van der Waals surface area contributed by atoms with Gasteiger partial charge in [0.05, 0.1) is 7.11 Å². The molecule has 0 amide bonds. The van der Waals surface area contributed by atoms with E-state index in [0.717, 1.165) is 18.6 Å². The molecule has 2 aromatic rings. The summed E-state index contributed by atoms with van der Waals surface area (Å²) in [4.78, 5) is 2.10. The van der Waals surface area contributed by atoms with Crippen molar-refractivity contribution in [3.05, 3.63) is 59.7 Å². The van der Waals surface area contributed by atoms with Gasteiger partial charge < -0.3 is 15.4 Å². The van der Waals surface area contributed by atoms with Gasteiger partial charge in [0.2, 0.25) is 0 Å². The molecule has 0 aliphatic rings. The fourth-order valence-electron chi connectivity index (χ4n) is 2.31. The zero-order valence-electron chi connectivity index (χ0n) is 13.0. The van der Waals surface area contributed by atoms with Crippen molar-refractivity contribution in [2.75, 3.05) is 26.1 Å². The summed E-state index contributed by atoms with van der Waals surface area (Å²) >= 11 is 0. The lowest BCUT2D eigenvalue weighted by Crippen LogP contribution is -2.13. The van der Waals surface area contributed by atoms with Crippen molar-refractivity contribution < 1.29 is 4.74 Å². The fraction of sp³-hybridized carbons (Fsp3) is 0.333. The van der Waals surface area contributed by atoms with Crippen molar-refractivity contribution in [1.82, 2.24) is 0 Å². The molecule has 0 heterocycles. The molecule has 112 valence electrons. The average Bonchev–Trinajstić information content (AvgIpc) is 2.53. The van der Waals surface area contributed by atoms with Crippen molar-refractivity contribution in [3.63, 3.8) is 0 Å². The third-order valence-corrected chi connectivity index (χ3v) is 3.72. The van der Waals surface area contributed by atoms with Crippen LogP contribution in [0.15, 0.2) is 48.5 Å². The predicted molar refractivity (Wildman–Crippen MR) is 89.0 cm³/mol. The smallest absolute Gasteiger partial charge is 0.118 e. The summed E-state index contributed by atoms with van der Waals surface area (Å²) in [5, 5.41) is 0. The highest BCUT2D eigenvalue weighted by Crippen LogP contribution is 2.22. The van der Waals surface area contributed by atoms with Gasteiger partial charge in [-0.05, 0) is 48.2 Å². The second-order valence-corrected chi connectivity index (χ2v) is 5.48. The highest BCUT2D eigenvalue weighted by Gasteiger charge is 2.08. The lowest BCUT2D eigenvalue weighted by Gasteiger charge is -2.17. The minimum absolute atomic E-state index is 0.0620. The molecule has 21 heavy (non-hydrogen) atoms. The Balaban J connectivity index is 1.97. The summed E-state index contributed by atoms with van der Waals surface area (Å²) in [5.74, 6) is 0.890. The third-order valence-electron chi connectivity index (χ3n) is 3.72. The molecule has 2 aromatic carbocycles. The maximum atomic E-state index is 6.32. The van der Waals surface area contributed by atoms with Gasteiger partial charge in [0.15, 0.2) is 0 Å². The highest BCUT2D eigenvalue weighted by molar-refractivity contribution is 5.47. The largest absolute Gasteiger partial charge is 0.497 e. The number of nitrogens with zero attached hydrogens (tertiary/aromatic N) is 1. The minimum Gasteiger partial charge on any atom is -0.497 e. The molecule has 0 bridgehead atoms. The van der Waals surface area contributed by atoms with Crippen LogP contribution < -0.4 is 15.4 Å². The van der Waals surface area contributed by atoms with Gasteiger partial charge in [-0.3, -0.25) is 0 Å². The summed E-state index contributed by atoms with van der Waals surface area (Å²) in [6.07, 6.45) is 1.90. The molecule has 0 aliphatic carbocycles. The Bertz CT molecular complexity index is 564. The Morgan fingerprint density at radius 1 is 1.10 bits per heavy atom. The second kappa shape index (κ2) is 7.14. The number of nitrogens with two attached hydrogens (primary N) is 1. The van der Waals surface area contributed by atoms with Crippen molar-refractivity contribution in [2.24, 2.45) is 5.73 Å². The van der Waals surface area contributed by atoms with Gasteiger partial charge in [-0.15, -0.1) is 0 Å². The Hall–Kier alpha value is -2.00. The molecule has 0 saturated heterocycles. The zero-order chi connectivity index (χ0) is 15.2. The molecule has 3 heteroatoms. The van der Waals surface area contributed by atoms with E-state index in [0.29, 0.717) is 0 Å². The maximum absolute atomic E-state index is 6.32. The molecular formula is C18H24N2O. The molecule has 0 radical (unpaired) electrons. The van der Waals surface area contributed by atoms with Crippen molar-refractivity contribution >= 4 is 5.69 Å². The van der Waals surface area contributed by atoms with Crippen LogP contribution in [0.2, 0.25) is 0 Å². The first-order chi connectivity index (χ1) is 10.1. The van der Waals surface area contributed by atoms with Crippen molar-refractivity contribution in [2.45, 2.75) is 18.9 Å². The first-order valence-corrected chi connectivity index (χ1v) is 7.26. The third kappa shape index (κ3) is 4.23. The zero-order valence-corrected chi connectivity index (χ0v) is 13.0. The molecule has 0 spiro atoms. The second-order valence-electron chi connectivity index (χ2n) is 5.48. The van der Waals surface area contributed by atoms with Gasteiger partial charge in [0.25, 0.3) is 0 Å². The normalized spacial score (nSPS) is 12.0. The molecular weight excluding hydrogens is 260 g/mol. The van der Waals surface area contributed by atoms with Crippen LogP contribution in [0.5, 0.6) is 5.75 Å². The van der Waals surface area contributed by atoms with Gasteiger partial charge in [-0.2, -0.15) is 0 Å². The average molecular weight is 284 g/mol. The molecule has 0 fully saturated rings. The number of rotatable bonds is 6. The van der Waals surface area contributed by atoms with Gasteiger partial charge in [0, 0.05) is 25.8 Å². The lowest BCUT2D eigenvalue weighted by atomic mass is 9.99. The predicted octanol–water partition coefficient (Wildman–Crippen LogP) is 3.39. The van der Waals surface area contributed by atoms with Crippen LogP contribution in [0.1, 0.15) is 23.6 Å². The first-order valence-electron chi connectivity index (χ1n) is 7.26. The molecule has 2 N–H and O–H groups in total. The fourth-order valence-corrected chi connectivity index (χ4v) is 2.31. The Labute approximate surface area is 127 Å². The van der Waals surface area contributed by atoms with Crippen LogP contribution in [0.4, 0.5) is 5.69 Å². The topological polar surface area (TPSA) is 38.5 Å². The number of hydrogen-bond acceptors (Lipinski definition) is 3. The standard InChI is InChI=1S/C18H24N2O/c1-20(2)16-6-4-5-15(13-16)18(19)12-9-14-7-10-17(21-3)11-8-14/h4-8,10-11,13,18H,9,12,19H2,1-3H3. The molecule has 3 nitrogen and oxygen atoms in total. The monoisotopic (exact) mass is 284 g/mol. The molecule has 0 aliphatic heterocycles. The summed E-state index contributed by atoms with van der Waals surface area (Å²) < 4.78 is 5.17. The van der Waals surface area contributed by atoms with E-state index in [1.54, 1.807) is 7.11 Å². The van der Waals surface area contributed by atoms with Crippen LogP contribution in [-0.2, 0) is 6.42 Å². The number of aryl methyl sites for hydroxylation is 1. The van der Waals surface area contributed by atoms with Gasteiger partial charge in [0.1, 0.15) is 5.75 Å². The summed E-state index contributed by atoms with van der Waals surface area (Å²) in [6, 6.07) is 16.7. The number of benzene rings is 2. The van der Waals surface area contributed by atoms with E-state index in [9.17, 15) is 0 Å². The van der Waals surface area contributed by atoms with Gasteiger partial charge in [-0.25, -0.2) is 0 Å². The maximum Gasteiger partial charge on any atom is 0.118 e. The van der Waals surface area contributed by atoms with Crippen LogP contribution in [-0.4, -0.2) is 21.2 Å². The van der Waals surface area contributed by atoms with Crippen LogP contribution >= 0.6 is 0 Å². The number of ether oxygens (including phenoxy) is 1. The first kappa shape index (κ1) is 15.4. The minimum atomic E-state index is 0.0620. The van der Waals surface area contributed by atoms with E-state index < -0.39 is 0 Å². The van der Waals surface area contributed by atoms with Crippen LogP contribution in [0, 0.1) is 0 Å². The van der Waals surface area contributed by atoms with Crippen LogP contribution in [0.3, 0.4) is 0 Å². The number of methoxy groups -OCH3 is 1. The molecule has 1 atom stereocenters. The van der Waals surface area contributed by atoms with E-state index in [2.05, 4.69) is 41.3 Å². The van der Waals surface area contributed by atoms with Crippen molar-refractivity contribution in [1.29, 1.82) is 0 Å². The van der Waals surface area contributed by atoms with E-state index in [1.807, 2.05) is 26.2 Å². The van der Waals surface area contributed by atoms with E-state index in [-0.39, 0.29) is 6.04 Å². The van der Waals surface area contributed by atoms with Crippen molar-refractivity contribution in [3.8, 4) is 5.75 Å². The number of anilines is 1. The summed E-state index contributed by atoms with van der Waals surface area (Å²) in [6.45, 7) is 0. The summed E-state index contributed by atoms with van der Waals surface area (Å²) in [7, 11) is 5.77. The SMILES string of the molecule is COc1ccc(CCC(N)c2cccc(N(C)C)c2)cc1. The molecule has 0 aromatic heterocycles. The molecule has 1 unspecified atom stereocenters. The quantitative estimate of drug-likeness (QED) is 0.883. The van der Waals surface area contributed by atoms with E-state index >= 15 is 0 Å². The van der Waals surface area contributed by atoms with Gasteiger partial charge in [-0.1, -0.05) is 24.3 Å². The van der Waals surface area contributed by atoms with Gasteiger partial charge >= 0.3 is 0 Å². The van der Waals surface area contributed by atoms with E-state index in [1.165, 1.54) is 16.8 Å².